The summed E-state index contributed by atoms with van der Waals surface area (Å²) in [5.74, 6) is 0.593. The van der Waals surface area contributed by atoms with Gasteiger partial charge in [0.15, 0.2) is 0 Å². The lowest BCUT2D eigenvalue weighted by Gasteiger charge is -2.28. The minimum absolute atomic E-state index is 0.0531. The summed E-state index contributed by atoms with van der Waals surface area (Å²) < 4.78 is 10.4. The molecular weight excluding hydrogens is 280 g/mol. The topological polar surface area (TPSA) is 51.7 Å². The molecule has 0 saturated heterocycles. The van der Waals surface area contributed by atoms with E-state index in [4.69, 9.17) is 9.47 Å². The van der Waals surface area contributed by atoms with Crippen LogP contribution in [0.25, 0.3) is 6.08 Å². The van der Waals surface area contributed by atoms with Crippen molar-refractivity contribution in [2.75, 3.05) is 14.2 Å². The predicted octanol–water partition coefficient (Wildman–Crippen LogP) is 3.75. The Morgan fingerprint density at radius 1 is 1.41 bits per heavy atom. The fourth-order valence-corrected chi connectivity index (χ4v) is 1.68. The molecule has 1 atom stereocenters. The summed E-state index contributed by atoms with van der Waals surface area (Å²) in [6, 6.07) is 3.80. The standard InChI is InChI=1S/C17H26N2O3/c1-13(19(5)16(20)22-17(2,3)4)8-7-9-14-10-11-15(21-6)18-12-14/h7,9-13H,8H2,1-6H3/b9-7+. The van der Waals surface area contributed by atoms with Gasteiger partial charge in [0.25, 0.3) is 0 Å². The Bertz CT molecular complexity index is 504. The zero-order chi connectivity index (χ0) is 16.8. The van der Waals surface area contributed by atoms with Crippen molar-refractivity contribution in [3.8, 4) is 5.88 Å². The lowest BCUT2D eigenvalue weighted by Crippen LogP contribution is -2.39. The van der Waals surface area contributed by atoms with Crippen LogP contribution in [0.4, 0.5) is 4.79 Å². The molecule has 0 aliphatic carbocycles. The molecule has 5 nitrogen and oxygen atoms in total. The highest BCUT2D eigenvalue weighted by molar-refractivity contribution is 5.68. The quantitative estimate of drug-likeness (QED) is 0.831. The lowest BCUT2D eigenvalue weighted by molar-refractivity contribution is 0.0238. The zero-order valence-corrected chi connectivity index (χ0v) is 14.3. The second kappa shape index (κ2) is 7.82. The minimum atomic E-state index is -0.477. The molecule has 1 amide bonds. The Labute approximate surface area is 132 Å². The first kappa shape index (κ1) is 18.0. The first-order valence-corrected chi connectivity index (χ1v) is 7.35. The number of rotatable bonds is 5. The monoisotopic (exact) mass is 306 g/mol. The van der Waals surface area contributed by atoms with Gasteiger partial charge in [-0.2, -0.15) is 0 Å². The summed E-state index contributed by atoms with van der Waals surface area (Å²) >= 11 is 0. The first-order chi connectivity index (χ1) is 10.2. The highest BCUT2D eigenvalue weighted by atomic mass is 16.6. The number of aromatic nitrogens is 1. The molecule has 0 bridgehead atoms. The third-order valence-corrected chi connectivity index (χ3v) is 3.10. The number of hydrogen-bond acceptors (Lipinski definition) is 4. The second-order valence-electron chi connectivity index (χ2n) is 6.21. The zero-order valence-electron chi connectivity index (χ0n) is 14.3. The highest BCUT2D eigenvalue weighted by Crippen LogP contribution is 2.13. The molecule has 0 fully saturated rings. The number of methoxy groups -OCH3 is 1. The van der Waals surface area contributed by atoms with Gasteiger partial charge in [0, 0.05) is 25.4 Å². The van der Waals surface area contributed by atoms with Crippen molar-refractivity contribution >= 4 is 12.2 Å². The number of pyridine rings is 1. The summed E-state index contributed by atoms with van der Waals surface area (Å²) in [4.78, 5) is 17.7. The van der Waals surface area contributed by atoms with E-state index in [0.717, 1.165) is 12.0 Å². The Balaban J connectivity index is 2.51. The highest BCUT2D eigenvalue weighted by Gasteiger charge is 2.22. The number of ether oxygens (including phenoxy) is 2. The van der Waals surface area contributed by atoms with E-state index in [0.29, 0.717) is 5.88 Å². The molecule has 0 aromatic carbocycles. The molecule has 5 heteroatoms. The molecule has 1 rings (SSSR count). The van der Waals surface area contributed by atoms with E-state index in [2.05, 4.69) is 4.98 Å². The van der Waals surface area contributed by atoms with E-state index in [9.17, 15) is 4.79 Å². The largest absolute Gasteiger partial charge is 0.481 e. The molecule has 0 saturated carbocycles. The van der Waals surface area contributed by atoms with E-state index >= 15 is 0 Å². The number of carbonyl (C=O) groups excluding carboxylic acids is 1. The summed E-state index contributed by atoms with van der Waals surface area (Å²) in [5.41, 5.74) is 0.517. The van der Waals surface area contributed by atoms with Gasteiger partial charge in [-0.3, -0.25) is 0 Å². The van der Waals surface area contributed by atoms with Gasteiger partial charge >= 0.3 is 6.09 Å². The molecule has 0 N–H and O–H groups in total. The smallest absolute Gasteiger partial charge is 0.410 e. The molecular formula is C17H26N2O3. The van der Waals surface area contributed by atoms with Crippen LogP contribution in [0.1, 0.15) is 39.7 Å². The van der Waals surface area contributed by atoms with E-state index in [-0.39, 0.29) is 12.1 Å². The van der Waals surface area contributed by atoms with Crippen molar-refractivity contribution in [2.45, 2.75) is 45.8 Å². The Morgan fingerprint density at radius 3 is 2.59 bits per heavy atom. The van der Waals surface area contributed by atoms with Crippen LogP contribution < -0.4 is 4.74 Å². The lowest BCUT2D eigenvalue weighted by atomic mass is 10.1. The van der Waals surface area contributed by atoms with Crippen LogP contribution in [0.5, 0.6) is 5.88 Å². The Kier molecular flexibility index (Phi) is 6.40. The molecule has 0 aliphatic rings. The van der Waals surface area contributed by atoms with E-state index < -0.39 is 5.60 Å². The number of hydrogen-bond donors (Lipinski definition) is 0. The van der Waals surface area contributed by atoms with Gasteiger partial charge in [-0.25, -0.2) is 9.78 Å². The third kappa shape index (κ3) is 6.16. The molecule has 1 unspecified atom stereocenters. The molecule has 1 aromatic heterocycles. The van der Waals surface area contributed by atoms with Crippen LogP contribution in [0.3, 0.4) is 0 Å². The maximum absolute atomic E-state index is 12.0. The fourth-order valence-electron chi connectivity index (χ4n) is 1.68. The molecule has 0 radical (unpaired) electrons. The van der Waals surface area contributed by atoms with Crippen LogP contribution in [-0.2, 0) is 4.74 Å². The van der Waals surface area contributed by atoms with Gasteiger partial charge in [-0.15, -0.1) is 0 Å². The van der Waals surface area contributed by atoms with Crippen LogP contribution >= 0.6 is 0 Å². The van der Waals surface area contributed by atoms with E-state index in [1.165, 1.54) is 0 Å². The SMILES string of the molecule is COc1ccc(/C=C/CC(C)N(C)C(=O)OC(C)(C)C)cn1. The minimum Gasteiger partial charge on any atom is -0.481 e. The van der Waals surface area contributed by atoms with Crippen molar-refractivity contribution in [2.24, 2.45) is 0 Å². The van der Waals surface area contributed by atoms with Crippen molar-refractivity contribution < 1.29 is 14.3 Å². The Morgan fingerprint density at radius 2 is 2.09 bits per heavy atom. The van der Waals surface area contributed by atoms with Crippen molar-refractivity contribution in [3.05, 3.63) is 30.0 Å². The van der Waals surface area contributed by atoms with E-state index in [1.54, 1.807) is 25.3 Å². The van der Waals surface area contributed by atoms with Crippen LogP contribution in [0.15, 0.2) is 24.4 Å². The average Bonchev–Trinajstić information content (AvgIpc) is 2.45. The second-order valence-corrected chi connectivity index (χ2v) is 6.21. The Hall–Kier alpha value is -2.04. The predicted molar refractivity (Wildman–Crippen MR) is 87.9 cm³/mol. The molecule has 0 spiro atoms. The van der Waals surface area contributed by atoms with Crippen molar-refractivity contribution in [1.29, 1.82) is 0 Å². The molecule has 1 heterocycles. The molecule has 0 aliphatic heterocycles. The number of nitrogens with zero attached hydrogens (tertiary/aromatic N) is 2. The summed E-state index contributed by atoms with van der Waals surface area (Å²) in [6.45, 7) is 7.57. The van der Waals surface area contributed by atoms with Crippen molar-refractivity contribution in [3.63, 3.8) is 0 Å². The molecule has 22 heavy (non-hydrogen) atoms. The van der Waals surface area contributed by atoms with Gasteiger partial charge < -0.3 is 14.4 Å². The third-order valence-electron chi connectivity index (χ3n) is 3.10. The first-order valence-electron chi connectivity index (χ1n) is 7.35. The fraction of sp³-hybridized carbons (Fsp3) is 0.529. The molecule has 1 aromatic rings. The van der Waals surface area contributed by atoms with Crippen LogP contribution in [0, 0.1) is 0 Å². The van der Waals surface area contributed by atoms with E-state index in [1.807, 2.05) is 52.0 Å². The van der Waals surface area contributed by atoms with Gasteiger partial charge in [0.1, 0.15) is 5.60 Å². The number of carbonyl (C=O) groups is 1. The van der Waals surface area contributed by atoms with Crippen LogP contribution in [0.2, 0.25) is 0 Å². The van der Waals surface area contributed by atoms with Gasteiger partial charge in [-0.05, 0) is 45.7 Å². The maximum atomic E-state index is 12.0. The van der Waals surface area contributed by atoms with Crippen LogP contribution in [-0.4, -0.2) is 41.8 Å². The average molecular weight is 306 g/mol. The normalized spacial score (nSPS) is 13.0. The van der Waals surface area contributed by atoms with Gasteiger partial charge in [0.2, 0.25) is 5.88 Å². The van der Waals surface area contributed by atoms with Gasteiger partial charge in [-0.1, -0.05) is 12.2 Å². The summed E-state index contributed by atoms with van der Waals surface area (Å²) in [5, 5.41) is 0. The summed E-state index contributed by atoms with van der Waals surface area (Å²) in [6.07, 6.45) is 6.18. The van der Waals surface area contributed by atoms with Gasteiger partial charge in [0.05, 0.1) is 7.11 Å². The van der Waals surface area contributed by atoms with Crippen molar-refractivity contribution in [1.82, 2.24) is 9.88 Å². The number of amides is 1. The maximum Gasteiger partial charge on any atom is 0.410 e. The summed E-state index contributed by atoms with van der Waals surface area (Å²) in [7, 11) is 3.34. The molecule has 122 valence electrons.